The standard InChI is InChI=1S/C33H27ClFN7O/c34-19-29(43)37-27-12-7-13-28(18-27)42-22-36-30-31(39-33(40-32(30)42)38-26-16-14-25(35)15-17-26)41(20-23-8-3-1-4-9-23)21-24-10-5-2-6-11-24/h1-18,22H,19-21H2,(H,37,43)(H,38,39,40). The number of amides is 1. The third-order valence-electron chi connectivity index (χ3n) is 6.74. The number of hydrogen-bond acceptors (Lipinski definition) is 6. The van der Waals surface area contributed by atoms with Crippen LogP contribution in [0.4, 0.5) is 27.5 Å². The van der Waals surface area contributed by atoms with Crippen LogP contribution in [-0.4, -0.2) is 31.3 Å². The average Bonchev–Trinajstić information content (AvgIpc) is 3.47. The molecular weight excluding hydrogens is 565 g/mol. The molecule has 214 valence electrons. The first-order chi connectivity index (χ1) is 21.1. The lowest BCUT2D eigenvalue weighted by atomic mass is 10.1. The largest absolute Gasteiger partial charge is 0.346 e. The fourth-order valence-electron chi connectivity index (χ4n) is 4.75. The van der Waals surface area contributed by atoms with E-state index in [1.807, 2.05) is 59.2 Å². The molecule has 10 heteroatoms. The van der Waals surface area contributed by atoms with Crippen LogP contribution < -0.4 is 15.5 Å². The molecule has 0 aliphatic carbocycles. The summed E-state index contributed by atoms with van der Waals surface area (Å²) in [6, 6.07) is 33.7. The number of imidazole rings is 1. The van der Waals surface area contributed by atoms with Gasteiger partial charge in [-0.3, -0.25) is 9.36 Å². The number of halogens is 2. The molecule has 0 aliphatic heterocycles. The SMILES string of the molecule is O=C(CCl)Nc1cccc(-n2cnc3c(N(Cc4ccccc4)Cc4ccccc4)nc(Nc4ccc(F)cc4)nc32)c1. The van der Waals surface area contributed by atoms with Gasteiger partial charge in [0.1, 0.15) is 18.0 Å². The van der Waals surface area contributed by atoms with Crippen molar-refractivity contribution in [3.05, 3.63) is 132 Å². The van der Waals surface area contributed by atoms with Gasteiger partial charge in [-0.15, -0.1) is 11.6 Å². The number of carbonyl (C=O) groups is 1. The molecule has 6 aromatic rings. The molecule has 2 N–H and O–H groups in total. The summed E-state index contributed by atoms with van der Waals surface area (Å²) >= 11 is 5.70. The van der Waals surface area contributed by atoms with E-state index in [2.05, 4.69) is 39.8 Å². The Morgan fingerprint density at radius 3 is 2.14 bits per heavy atom. The molecule has 0 saturated heterocycles. The third-order valence-corrected chi connectivity index (χ3v) is 6.98. The molecule has 0 aliphatic rings. The first-order valence-corrected chi connectivity index (χ1v) is 14.2. The Hall–Kier alpha value is -5.28. The van der Waals surface area contributed by atoms with E-state index in [9.17, 15) is 9.18 Å². The van der Waals surface area contributed by atoms with E-state index in [1.165, 1.54) is 12.1 Å². The van der Waals surface area contributed by atoms with Gasteiger partial charge in [0.05, 0.1) is 5.69 Å². The second-order valence-corrected chi connectivity index (χ2v) is 10.1. The van der Waals surface area contributed by atoms with Crippen LogP contribution in [0.25, 0.3) is 16.9 Å². The zero-order valence-corrected chi connectivity index (χ0v) is 23.7. The predicted octanol–water partition coefficient (Wildman–Crippen LogP) is 7.08. The van der Waals surface area contributed by atoms with Crippen molar-refractivity contribution in [2.24, 2.45) is 0 Å². The van der Waals surface area contributed by atoms with Crippen molar-refractivity contribution in [2.45, 2.75) is 13.1 Å². The number of benzene rings is 4. The number of anilines is 4. The number of alkyl halides is 1. The molecule has 0 saturated carbocycles. The van der Waals surface area contributed by atoms with Gasteiger partial charge in [-0.05, 0) is 53.6 Å². The maximum absolute atomic E-state index is 13.6. The Morgan fingerprint density at radius 2 is 1.49 bits per heavy atom. The Balaban J connectivity index is 1.49. The van der Waals surface area contributed by atoms with E-state index in [-0.39, 0.29) is 17.6 Å². The Bertz CT molecular complexity index is 1810. The van der Waals surface area contributed by atoms with Gasteiger partial charge in [0.2, 0.25) is 11.9 Å². The van der Waals surface area contributed by atoms with Gasteiger partial charge < -0.3 is 15.5 Å². The smallest absolute Gasteiger partial charge is 0.239 e. The molecule has 2 heterocycles. The molecule has 4 aromatic carbocycles. The highest BCUT2D eigenvalue weighted by atomic mass is 35.5. The monoisotopic (exact) mass is 591 g/mol. The van der Waals surface area contributed by atoms with Crippen molar-refractivity contribution in [3.63, 3.8) is 0 Å². The van der Waals surface area contributed by atoms with Crippen molar-refractivity contribution < 1.29 is 9.18 Å². The van der Waals surface area contributed by atoms with Gasteiger partial charge in [0.25, 0.3) is 0 Å². The van der Waals surface area contributed by atoms with E-state index in [0.29, 0.717) is 47.4 Å². The number of carbonyl (C=O) groups excluding carboxylic acids is 1. The molecule has 0 spiro atoms. The number of hydrogen-bond donors (Lipinski definition) is 2. The fourth-order valence-corrected chi connectivity index (χ4v) is 4.82. The van der Waals surface area contributed by atoms with Crippen LogP contribution in [0.3, 0.4) is 0 Å². The van der Waals surface area contributed by atoms with Crippen LogP contribution in [0.1, 0.15) is 11.1 Å². The van der Waals surface area contributed by atoms with Gasteiger partial charge >= 0.3 is 0 Å². The van der Waals surface area contributed by atoms with Crippen LogP contribution in [0.15, 0.2) is 116 Å². The second kappa shape index (κ2) is 12.7. The quantitative estimate of drug-likeness (QED) is 0.166. The highest BCUT2D eigenvalue weighted by Crippen LogP contribution is 2.30. The predicted molar refractivity (Wildman–Crippen MR) is 168 cm³/mol. The van der Waals surface area contributed by atoms with Crippen LogP contribution >= 0.6 is 11.6 Å². The van der Waals surface area contributed by atoms with Crippen LogP contribution in [0, 0.1) is 5.82 Å². The summed E-state index contributed by atoms with van der Waals surface area (Å²) < 4.78 is 15.5. The number of aromatic nitrogens is 4. The van der Waals surface area contributed by atoms with E-state index >= 15 is 0 Å². The summed E-state index contributed by atoms with van der Waals surface area (Å²) in [6.45, 7) is 1.15. The average molecular weight is 592 g/mol. The van der Waals surface area contributed by atoms with Crippen LogP contribution in [0.2, 0.25) is 0 Å². The number of rotatable bonds is 10. The highest BCUT2D eigenvalue weighted by molar-refractivity contribution is 6.29. The van der Waals surface area contributed by atoms with Gasteiger partial charge in [0, 0.05) is 24.5 Å². The molecule has 0 fully saturated rings. The maximum Gasteiger partial charge on any atom is 0.239 e. The van der Waals surface area contributed by atoms with Crippen molar-refractivity contribution in [1.82, 2.24) is 19.5 Å². The van der Waals surface area contributed by atoms with Crippen molar-refractivity contribution in [1.29, 1.82) is 0 Å². The fraction of sp³-hybridized carbons (Fsp3) is 0.0909. The molecule has 1 amide bonds. The molecule has 0 unspecified atom stereocenters. The molecule has 43 heavy (non-hydrogen) atoms. The van der Waals surface area contributed by atoms with Gasteiger partial charge in [0.15, 0.2) is 17.0 Å². The lowest BCUT2D eigenvalue weighted by Gasteiger charge is -2.25. The first-order valence-electron chi connectivity index (χ1n) is 13.6. The van der Waals surface area contributed by atoms with Crippen molar-refractivity contribution in [2.75, 3.05) is 21.4 Å². The minimum absolute atomic E-state index is 0.147. The summed E-state index contributed by atoms with van der Waals surface area (Å²) in [4.78, 5) is 28.7. The van der Waals surface area contributed by atoms with E-state index in [4.69, 9.17) is 26.6 Å². The van der Waals surface area contributed by atoms with Gasteiger partial charge in [-0.25, -0.2) is 9.37 Å². The van der Waals surface area contributed by atoms with E-state index in [0.717, 1.165) is 16.8 Å². The molecular formula is C33H27ClFN7O. The molecule has 8 nitrogen and oxygen atoms in total. The third kappa shape index (κ3) is 6.63. The molecule has 2 aromatic heterocycles. The second-order valence-electron chi connectivity index (χ2n) is 9.85. The number of nitrogens with one attached hydrogen (secondary N) is 2. The summed E-state index contributed by atoms with van der Waals surface area (Å²) in [5.41, 5.74) is 5.36. The minimum atomic E-state index is -0.335. The Kier molecular flexibility index (Phi) is 8.24. The molecule has 6 rings (SSSR count). The van der Waals surface area contributed by atoms with E-state index in [1.54, 1.807) is 24.5 Å². The lowest BCUT2D eigenvalue weighted by molar-refractivity contribution is -0.113. The molecule has 0 radical (unpaired) electrons. The first kappa shape index (κ1) is 27.9. The van der Waals surface area contributed by atoms with Gasteiger partial charge in [-0.1, -0.05) is 66.7 Å². The van der Waals surface area contributed by atoms with Gasteiger partial charge in [-0.2, -0.15) is 9.97 Å². The van der Waals surface area contributed by atoms with E-state index < -0.39 is 0 Å². The molecule has 0 bridgehead atoms. The zero-order chi connectivity index (χ0) is 29.6. The number of nitrogens with zero attached hydrogens (tertiary/aromatic N) is 5. The summed E-state index contributed by atoms with van der Waals surface area (Å²) in [6.07, 6.45) is 1.69. The van der Waals surface area contributed by atoms with Crippen LogP contribution in [0.5, 0.6) is 0 Å². The Labute approximate surface area is 252 Å². The topological polar surface area (TPSA) is 88.0 Å². The lowest BCUT2D eigenvalue weighted by Crippen LogP contribution is -2.24. The normalized spacial score (nSPS) is 10.9. The van der Waals surface area contributed by atoms with Crippen molar-refractivity contribution >= 4 is 51.8 Å². The van der Waals surface area contributed by atoms with Crippen molar-refractivity contribution in [3.8, 4) is 5.69 Å². The zero-order valence-electron chi connectivity index (χ0n) is 23.0. The summed E-state index contributed by atoms with van der Waals surface area (Å²) in [7, 11) is 0. The Morgan fingerprint density at radius 1 is 0.814 bits per heavy atom. The number of fused-ring (bicyclic) bond motifs is 1. The maximum atomic E-state index is 13.6. The summed E-state index contributed by atoms with van der Waals surface area (Å²) in [5.74, 6) is 0.174. The highest BCUT2D eigenvalue weighted by Gasteiger charge is 2.21. The van der Waals surface area contributed by atoms with Crippen LogP contribution in [-0.2, 0) is 17.9 Å². The summed E-state index contributed by atoms with van der Waals surface area (Å²) in [5, 5.41) is 6.02. The molecule has 0 atom stereocenters. The minimum Gasteiger partial charge on any atom is -0.346 e.